The Balaban J connectivity index is 1.24. The predicted octanol–water partition coefficient (Wildman–Crippen LogP) is -0.301. The van der Waals surface area contributed by atoms with Gasteiger partial charge in [-0.1, -0.05) is 0 Å². The Morgan fingerprint density at radius 2 is 2.03 bits per heavy atom. The van der Waals surface area contributed by atoms with Crippen molar-refractivity contribution >= 4 is 22.8 Å². The molecule has 4 atom stereocenters. The number of carbonyl (C=O) groups excluding carboxylic acids is 1. The molecule has 0 unspecified atom stereocenters. The average Bonchev–Trinajstić information content (AvgIpc) is 3.52. The standard InChI is InChI=1S/C23H35N7O4/c1-25-17(31)4-9-28-11-6-23(7-12-28)5-2-8-29(23)13-16-18(32)19(33)22(34-16)30-10-3-15-20(24)26-14-27-21(15)30/h3,10,14,16,18-19,22,32-33H,2,4-9,11-13H2,1H3,(H,25,31)(H2,24,26,27)/t16-,18-,19-,22-/m1/s1. The fraction of sp³-hybridized carbons (Fsp3) is 0.696. The van der Waals surface area contributed by atoms with Crippen LogP contribution in [0.3, 0.4) is 0 Å². The molecule has 2 aromatic rings. The molecule has 5 heterocycles. The molecule has 186 valence electrons. The lowest BCUT2D eigenvalue weighted by Crippen LogP contribution is -2.55. The predicted molar refractivity (Wildman–Crippen MR) is 126 cm³/mol. The molecule has 11 heteroatoms. The van der Waals surface area contributed by atoms with Crippen LogP contribution in [0.4, 0.5) is 5.82 Å². The van der Waals surface area contributed by atoms with E-state index in [-0.39, 0.29) is 11.4 Å². The minimum absolute atomic E-state index is 0.0767. The Morgan fingerprint density at radius 1 is 1.24 bits per heavy atom. The summed E-state index contributed by atoms with van der Waals surface area (Å²) >= 11 is 0. The van der Waals surface area contributed by atoms with Crippen molar-refractivity contribution in [3.05, 3.63) is 18.6 Å². The van der Waals surface area contributed by atoms with Crippen LogP contribution in [0.2, 0.25) is 0 Å². The third-order valence-electron chi connectivity index (χ3n) is 8.01. The zero-order valence-electron chi connectivity index (χ0n) is 19.6. The summed E-state index contributed by atoms with van der Waals surface area (Å²) < 4.78 is 7.97. The summed E-state index contributed by atoms with van der Waals surface area (Å²) in [6.45, 7) is 4.24. The number of aliphatic hydroxyl groups is 2. The zero-order chi connectivity index (χ0) is 23.9. The quantitative estimate of drug-likeness (QED) is 0.445. The van der Waals surface area contributed by atoms with Gasteiger partial charge in [-0.25, -0.2) is 9.97 Å². The van der Waals surface area contributed by atoms with Gasteiger partial charge in [-0.3, -0.25) is 9.69 Å². The number of nitrogens with two attached hydrogens (primary N) is 1. The van der Waals surface area contributed by atoms with Crippen LogP contribution in [-0.2, 0) is 9.53 Å². The Kier molecular flexibility index (Phi) is 6.47. The van der Waals surface area contributed by atoms with Gasteiger partial charge in [-0.15, -0.1) is 0 Å². The molecule has 3 aliphatic rings. The van der Waals surface area contributed by atoms with E-state index in [2.05, 4.69) is 25.1 Å². The van der Waals surface area contributed by atoms with Crippen molar-refractivity contribution < 1.29 is 19.7 Å². The Morgan fingerprint density at radius 3 is 2.79 bits per heavy atom. The van der Waals surface area contributed by atoms with E-state index in [0.29, 0.717) is 29.8 Å². The van der Waals surface area contributed by atoms with Crippen LogP contribution < -0.4 is 11.1 Å². The molecule has 3 fully saturated rings. The minimum Gasteiger partial charge on any atom is -0.387 e. The van der Waals surface area contributed by atoms with Gasteiger partial charge < -0.3 is 35.5 Å². The molecule has 0 radical (unpaired) electrons. The molecule has 1 spiro atoms. The lowest BCUT2D eigenvalue weighted by Gasteiger charge is -2.46. The summed E-state index contributed by atoms with van der Waals surface area (Å²) in [5.74, 6) is 0.446. The summed E-state index contributed by atoms with van der Waals surface area (Å²) in [6.07, 6.45) is 4.70. The number of aliphatic hydroxyl groups excluding tert-OH is 2. The van der Waals surface area contributed by atoms with Crippen LogP contribution in [0.25, 0.3) is 11.0 Å². The largest absolute Gasteiger partial charge is 0.387 e. The molecule has 0 aromatic carbocycles. The maximum absolute atomic E-state index is 11.6. The fourth-order valence-corrected chi connectivity index (χ4v) is 5.95. The topological polar surface area (TPSA) is 142 Å². The summed E-state index contributed by atoms with van der Waals surface area (Å²) in [7, 11) is 1.67. The first-order chi connectivity index (χ1) is 16.4. The maximum atomic E-state index is 11.6. The smallest absolute Gasteiger partial charge is 0.221 e. The first-order valence-electron chi connectivity index (χ1n) is 12.2. The van der Waals surface area contributed by atoms with Gasteiger partial charge in [0.2, 0.25) is 5.91 Å². The molecular weight excluding hydrogens is 438 g/mol. The number of hydrogen-bond donors (Lipinski definition) is 4. The second-order valence-corrected chi connectivity index (χ2v) is 9.80. The number of ether oxygens (including phenoxy) is 1. The molecule has 1 amide bonds. The molecule has 3 aliphatic heterocycles. The minimum atomic E-state index is -1.07. The maximum Gasteiger partial charge on any atom is 0.221 e. The number of aromatic nitrogens is 3. The molecule has 34 heavy (non-hydrogen) atoms. The van der Waals surface area contributed by atoms with E-state index < -0.39 is 24.5 Å². The monoisotopic (exact) mass is 473 g/mol. The number of nitrogen functional groups attached to an aromatic ring is 1. The van der Waals surface area contributed by atoms with Crippen molar-refractivity contribution in [3.63, 3.8) is 0 Å². The highest BCUT2D eigenvalue weighted by atomic mass is 16.6. The van der Waals surface area contributed by atoms with Crippen molar-refractivity contribution in [1.82, 2.24) is 29.7 Å². The number of nitrogens with one attached hydrogen (secondary N) is 1. The number of fused-ring (bicyclic) bond motifs is 1. The third kappa shape index (κ3) is 4.16. The molecule has 5 rings (SSSR count). The summed E-state index contributed by atoms with van der Waals surface area (Å²) in [5, 5.41) is 25.1. The fourth-order valence-electron chi connectivity index (χ4n) is 5.95. The van der Waals surface area contributed by atoms with Gasteiger partial charge in [0, 0.05) is 38.3 Å². The molecule has 3 saturated heterocycles. The number of piperidine rings is 1. The molecular formula is C23H35N7O4. The average molecular weight is 474 g/mol. The molecule has 0 bridgehead atoms. The Hall–Kier alpha value is -2.31. The molecule has 11 nitrogen and oxygen atoms in total. The Bertz CT molecular complexity index is 1020. The lowest BCUT2D eigenvalue weighted by molar-refractivity contribution is -0.121. The van der Waals surface area contributed by atoms with Gasteiger partial charge in [0.25, 0.3) is 0 Å². The number of nitrogens with zero attached hydrogens (tertiary/aromatic N) is 5. The van der Waals surface area contributed by atoms with Crippen LogP contribution >= 0.6 is 0 Å². The SMILES string of the molecule is CNC(=O)CCN1CCC2(CCCN2C[C@H]2O[C@@H](n3ccc4c(N)ncnc43)[C@H](O)[C@@H]2O)CC1. The normalized spacial score (nSPS) is 29.9. The number of likely N-dealkylation sites (tertiary alicyclic amines) is 2. The van der Waals surface area contributed by atoms with Gasteiger partial charge in [-0.05, 0) is 51.4 Å². The lowest BCUT2D eigenvalue weighted by atomic mass is 9.84. The molecule has 0 saturated carbocycles. The van der Waals surface area contributed by atoms with Crippen molar-refractivity contribution in [3.8, 4) is 0 Å². The van der Waals surface area contributed by atoms with Crippen LogP contribution in [-0.4, -0.2) is 104 Å². The number of amides is 1. The van der Waals surface area contributed by atoms with Gasteiger partial charge >= 0.3 is 0 Å². The second kappa shape index (κ2) is 9.38. The summed E-state index contributed by atoms with van der Waals surface area (Å²) in [5.41, 5.74) is 6.62. The van der Waals surface area contributed by atoms with E-state index in [9.17, 15) is 15.0 Å². The van der Waals surface area contributed by atoms with E-state index >= 15 is 0 Å². The first-order valence-corrected chi connectivity index (χ1v) is 12.2. The number of rotatable bonds is 6. The van der Waals surface area contributed by atoms with E-state index in [4.69, 9.17) is 10.5 Å². The second-order valence-electron chi connectivity index (χ2n) is 9.80. The van der Waals surface area contributed by atoms with Crippen molar-refractivity contribution in [2.75, 3.05) is 45.5 Å². The highest BCUT2D eigenvalue weighted by molar-refractivity contribution is 5.86. The number of anilines is 1. The van der Waals surface area contributed by atoms with Gasteiger partial charge in [0.1, 0.15) is 36.1 Å². The van der Waals surface area contributed by atoms with Gasteiger partial charge in [-0.2, -0.15) is 0 Å². The van der Waals surface area contributed by atoms with Crippen LogP contribution in [0, 0.1) is 0 Å². The van der Waals surface area contributed by atoms with Crippen molar-refractivity contribution in [2.45, 2.75) is 62.2 Å². The highest BCUT2D eigenvalue weighted by Crippen LogP contribution is 2.40. The molecule has 2 aromatic heterocycles. The van der Waals surface area contributed by atoms with E-state index in [1.54, 1.807) is 23.9 Å². The zero-order valence-corrected chi connectivity index (χ0v) is 19.6. The van der Waals surface area contributed by atoms with Gasteiger partial charge in [0.15, 0.2) is 6.23 Å². The van der Waals surface area contributed by atoms with Crippen molar-refractivity contribution in [1.29, 1.82) is 0 Å². The molecule has 5 N–H and O–H groups in total. The van der Waals surface area contributed by atoms with Crippen LogP contribution in [0.15, 0.2) is 18.6 Å². The first kappa shape index (κ1) is 23.4. The van der Waals surface area contributed by atoms with E-state index in [1.165, 1.54) is 6.33 Å². The van der Waals surface area contributed by atoms with Gasteiger partial charge in [0.05, 0.1) is 5.39 Å². The summed E-state index contributed by atoms with van der Waals surface area (Å²) in [4.78, 5) is 24.7. The van der Waals surface area contributed by atoms with E-state index in [0.717, 1.165) is 51.9 Å². The summed E-state index contributed by atoms with van der Waals surface area (Å²) in [6, 6.07) is 1.80. The van der Waals surface area contributed by atoms with Crippen molar-refractivity contribution in [2.24, 2.45) is 0 Å². The number of hydrogen-bond acceptors (Lipinski definition) is 9. The number of carbonyl (C=O) groups is 1. The molecule has 0 aliphatic carbocycles. The third-order valence-corrected chi connectivity index (χ3v) is 8.01. The van der Waals surface area contributed by atoms with Crippen LogP contribution in [0.1, 0.15) is 38.3 Å². The van der Waals surface area contributed by atoms with E-state index in [1.807, 2.05) is 0 Å². The highest BCUT2D eigenvalue weighted by Gasteiger charge is 2.49. The van der Waals surface area contributed by atoms with Crippen LogP contribution in [0.5, 0.6) is 0 Å². The Labute approximate surface area is 198 Å².